The van der Waals surface area contributed by atoms with Gasteiger partial charge in [0.2, 0.25) is 5.88 Å². The Hall–Kier alpha value is -1.90. The number of rotatable bonds is 1. The molecule has 0 amide bonds. The number of hydrogen-bond donors (Lipinski definition) is 1. The predicted molar refractivity (Wildman–Crippen MR) is 69.7 cm³/mol. The maximum absolute atomic E-state index is 9.94. The summed E-state index contributed by atoms with van der Waals surface area (Å²) in [6.45, 7) is 4.02. The van der Waals surface area contributed by atoms with Gasteiger partial charge in [0.15, 0.2) is 0 Å². The average Bonchev–Trinajstić information content (AvgIpc) is 2.70. The molecule has 1 aromatic heterocycles. The lowest BCUT2D eigenvalue weighted by atomic mass is 9.80. The lowest BCUT2D eigenvalue weighted by Crippen LogP contribution is -2.21. The standard InChI is InChI=1S/C15H16N2O/c1-10-16-13-12(14(18)17-10)8-9-15(13,2)11-6-4-3-5-7-11/h3-7H,8-9H2,1-2H3,(H,16,17,18). The first kappa shape index (κ1) is 11.2. The van der Waals surface area contributed by atoms with Crippen LogP contribution in [0.2, 0.25) is 0 Å². The number of benzene rings is 1. The molecule has 1 heterocycles. The van der Waals surface area contributed by atoms with Crippen LogP contribution in [0.3, 0.4) is 0 Å². The minimum absolute atomic E-state index is 0.109. The van der Waals surface area contributed by atoms with E-state index in [1.807, 2.05) is 25.1 Å². The Balaban J connectivity index is 2.20. The van der Waals surface area contributed by atoms with Gasteiger partial charge >= 0.3 is 0 Å². The molecule has 3 rings (SSSR count). The van der Waals surface area contributed by atoms with Gasteiger partial charge in [-0.15, -0.1) is 0 Å². The molecule has 1 atom stereocenters. The normalized spacial score (nSPS) is 21.9. The summed E-state index contributed by atoms with van der Waals surface area (Å²) in [5.41, 5.74) is 3.04. The monoisotopic (exact) mass is 240 g/mol. The Morgan fingerprint density at radius 1 is 1.17 bits per heavy atom. The first-order valence-electron chi connectivity index (χ1n) is 6.24. The number of aromatic nitrogens is 2. The predicted octanol–water partition coefficient (Wildman–Crippen LogP) is 2.74. The molecular formula is C15H16N2O. The topological polar surface area (TPSA) is 46.0 Å². The molecule has 1 aliphatic rings. The molecule has 0 aliphatic heterocycles. The first-order chi connectivity index (χ1) is 8.61. The highest BCUT2D eigenvalue weighted by Crippen LogP contribution is 2.44. The third kappa shape index (κ3) is 1.50. The number of fused-ring (bicyclic) bond motifs is 1. The maximum atomic E-state index is 9.94. The molecule has 1 N–H and O–H groups in total. The summed E-state index contributed by atoms with van der Waals surface area (Å²) in [6, 6.07) is 10.4. The Labute approximate surface area is 107 Å². The van der Waals surface area contributed by atoms with E-state index in [2.05, 4.69) is 29.0 Å². The summed E-state index contributed by atoms with van der Waals surface area (Å²) in [5, 5.41) is 9.94. The highest BCUT2D eigenvalue weighted by molar-refractivity contribution is 5.46. The van der Waals surface area contributed by atoms with Crippen LogP contribution in [0, 0.1) is 6.92 Å². The second-order valence-corrected chi connectivity index (χ2v) is 5.12. The molecule has 1 unspecified atom stereocenters. The van der Waals surface area contributed by atoms with Gasteiger partial charge in [-0.25, -0.2) is 4.98 Å². The van der Waals surface area contributed by atoms with Crippen molar-refractivity contribution in [2.45, 2.75) is 32.1 Å². The van der Waals surface area contributed by atoms with Crippen molar-refractivity contribution < 1.29 is 5.11 Å². The lowest BCUT2D eigenvalue weighted by molar-refractivity contribution is 0.443. The molecule has 0 spiro atoms. The summed E-state index contributed by atoms with van der Waals surface area (Å²) in [4.78, 5) is 8.62. The van der Waals surface area contributed by atoms with E-state index in [0.29, 0.717) is 5.82 Å². The molecule has 0 fully saturated rings. The third-order valence-electron chi connectivity index (χ3n) is 3.91. The minimum Gasteiger partial charge on any atom is -0.493 e. The smallest absolute Gasteiger partial charge is 0.217 e. The summed E-state index contributed by atoms with van der Waals surface area (Å²) >= 11 is 0. The number of hydrogen-bond acceptors (Lipinski definition) is 3. The van der Waals surface area contributed by atoms with Crippen LogP contribution in [0.4, 0.5) is 0 Å². The van der Waals surface area contributed by atoms with Gasteiger partial charge in [0.25, 0.3) is 0 Å². The molecule has 1 aliphatic carbocycles. The molecule has 2 aromatic rings. The van der Waals surface area contributed by atoms with Gasteiger partial charge in [0, 0.05) is 11.0 Å². The fourth-order valence-corrected chi connectivity index (χ4v) is 2.85. The second kappa shape index (κ2) is 3.80. The molecule has 0 saturated heterocycles. The van der Waals surface area contributed by atoms with Gasteiger partial charge < -0.3 is 5.11 Å². The van der Waals surface area contributed by atoms with E-state index < -0.39 is 0 Å². The van der Waals surface area contributed by atoms with Crippen molar-refractivity contribution in [3.63, 3.8) is 0 Å². The van der Waals surface area contributed by atoms with Crippen molar-refractivity contribution in [2.24, 2.45) is 0 Å². The molecule has 0 radical (unpaired) electrons. The Bertz CT molecular complexity index is 595. The van der Waals surface area contributed by atoms with Crippen LogP contribution < -0.4 is 0 Å². The molecule has 3 nitrogen and oxygen atoms in total. The van der Waals surface area contributed by atoms with Gasteiger partial charge in [0.05, 0.1) is 5.69 Å². The van der Waals surface area contributed by atoms with Gasteiger partial charge in [0.1, 0.15) is 5.82 Å². The molecule has 0 bridgehead atoms. The zero-order valence-corrected chi connectivity index (χ0v) is 10.6. The van der Waals surface area contributed by atoms with E-state index in [1.54, 1.807) is 0 Å². The fourth-order valence-electron chi connectivity index (χ4n) is 2.85. The number of nitrogens with zero attached hydrogens (tertiary/aromatic N) is 2. The van der Waals surface area contributed by atoms with Crippen molar-refractivity contribution in [3.8, 4) is 5.88 Å². The summed E-state index contributed by atoms with van der Waals surface area (Å²) in [5.74, 6) is 0.785. The Kier molecular flexibility index (Phi) is 2.37. The summed E-state index contributed by atoms with van der Waals surface area (Å²) < 4.78 is 0. The molecule has 92 valence electrons. The van der Waals surface area contributed by atoms with Crippen molar-refractivity contribution in [3.05, 3.63) is 53.0 Å². The SMILES string of the molecule is Cc1nc(O)c2c(n1)C(C)(c1ccccc1)CC2. The summed E-state index contributed by atoms with van der Waals surface area (Å²) in [6.07, 6.45) is 1.81. The van der Waals surface area contributed by atoms with Crippen molar-refractivity contribution in [2.75, 3.05) is 0 Å². The molecule has 0 saturated carbocycles. The largest absolute Gasteiger partial charge is 0.493 e. The van der Waals surface area contributed by atoms with Crippen molar-refractivity contribution in [1.29, 1.82) is 0 Å². The second-order valence-electron chi connectivity index (χ2n) is 5.12. The highest BCUT2D eigenvalue weighted by atomic mass is 16.3. The molecule has 3 heteroatoms. The van der Waals surface area contributed by atoms with E-state index >= 15 is 0 Å². The van der Waals surface area contributed by atoms with E-state index in [1.165, 1.54) is 5.56 Å². The highest BCUT2D eigenvalue weighted by Gasteiger charge is 2.39. The van der Waals surface area contributed by atoms with E-state index in [4.69, 9.17) is 0 Å². The first-order valence-corrected chi connectivity index (χ1v) is 6.24. The van der Waals surface area contributed by atoms with Gasteiger partial charge in [-0.3, -0.25) is 0 Å². The van der Waals surface area contributed by atoms with Crippen molar-refractivity contribution >= 4 is 0 Å². The van der Waals surface area contributed by atoms with Gasteiger partial charge in [-0.2, -0.15) is 4.98 Å². The van der Waals surface area contributed by atoms with E-state index in [0.717, 1.165) is 24.1 Å². The lowest BCUT2D eigenvalue weighted by Gasteiger charge is -2.25. The molecular weight excluding hydrogens is 224 g/mol. The van der Waals surface area contributed by atoms with Crippen LogP contribution >= 0.6 is 0 Å². The van der Waals surface area contributed by atoms with Crippen LogP contribution in [0.1, 0.15) is 36.0 Å². The Morgan fingerprint density at radius 3 is 2.61 bits per heavy atom. The van der Waals surface area contributed by atoms with Crippen LogP contribution in [0.15, 0.2) is 30.3 Å². The van der Waals surface area contributed by atoms with Crippen LogP contribution in [0.5, 0.6) is 5.88 Å². The zero-order valence-electron chi connectivity index (χ0n) is 10.6. The van der Waals surface area contributed by atoms with Crippen LogP contribution in [-0.4, -0.2) is 15.1 Å². The number of aromatic hydroxyl groups is 1. The average molecular weight is 240 g/mol. The summed E-state index contributed by atoms with van der Waals surface area (Å²) in [7, 11) is 0. The maximum Gasteiger partial charge on any atom is 0.217 e. The van der Waals surface area contributed by atoms with E-state index in [9.17, 15) is 5.11 Å². The van der Waals surface area contributed by atoms with Gasteiger partial charge in [-0.05, 0) is 32.3 Å². The zero-order chi connectivity index (χ0) is 12.8. The fraction of sp³-hybridized carbons (Fsp3) is 0.333. The Morgan fingerprint density at radius 2 is 1.89 bits per heavy atom. The van der Waals surface area contributed by atoms with E-state index in [-0.39, 0.29) is 11.3 Å². The molecule has 1 aromatic carbocycles. The quantitative estimate of drug-likeness (QED) is 0.833. The molecule has 18 heavy (non-hydrogen) atoms. The number of aryl methyl sites for hydroxylation is 1. The van der Waals surface area contributed by atoms with Gasteiger partial charge in [-0.1, -0.05) is 30.3 Å². The third-order valence-corrected chi connectivity index (χ3v) is 3.91. The van der Waals surface area contributed by atoms with Crippen LogP contribution in [0.25, 0.3) is 0 Å². The van der Waals surface area contributed by atoms with Crippen LogP contribution in [-0.2, 0) is 11.8 Å². The minimum atomic E-state index is -0.109. The van der Waals surface area contributed by atoms with Crippen molar-refractivity contribution in [1.82, 2.24) is 9.97 Å².